The van der Waals surface area contributed by atoms with Gasteiger partial charge >= 0.3 is 0 Å². The lowest BCUT2D eigenvalue weighted by Crippen LogP contribution is -2.35. The molecule has 25 heavy (non-hydrogen) atoms. The summed E-state index contributed by atoms with van der Waals surface area (Å²) in [5.74, 6) is 1.25. The Hall–Kier alpha value is -2.25. The highest BCUT2D eigenvalue weighted by molar-refractivity contribution is 7.71. The molecule has 0 atom stereocenters. The molecule has 0 N–H and O–H groups in total. The van der Waals surface area contributed by atoms with Gasteiger partial charge in [-0.3, -0.25) is 4.90 Å². The molecule has 0 amide bonds. The summed E-state index contributed by atoms with van der Waals surface area (Å²) in [6.07, 6.45) is 5.67. The third-order valence-electron chi connectivity index (χ3n) is 4.70. The maximum Gasteiger partial charge on any atom is 0.199 e. The summed E-state index contributed by atoms with van der Waals surface area (Å²) >= 11 is 5.46. The van der Waals surface area contributed by atoms with Crippen LogP contribution < -0.4 is 0 Å². The number of likely N-dealkylation sites (tertiary alicyclic amines) is 1. The van der Waals surface area contributed by atoms with Crippen LogP contribution in [0.3, 0.4) is 0 Å². The molecule has 7 heteroatoms. The minimum Gasteiger partial charge on any atom is -0.440 e. The monoisotopic (exact) mass is 355 g/mol. The first-order valence-electron chi connectivity index (χ1n) is 8.55. The van der Waals surface area contributed by atoms with Crippen LogP contribution in [-0.4, -0.2) is 37.3 Å². The number of nitrogens with zero attached hydrogens (tertiary/aromatic N) is 5. The van der Waals surface area contributed by atoms with Crippen LogP contribution >= 0.6 is 12.2 Å². The standard InChI is InChI=1S/C18H21N5OS/c1-2-9-22-12-19-23(18(22)25)13-21-10-7-14(8-11-21)17-20-15-5-3-4-6-16(15)24-17/h2-6,12,14H,1,7-11,13H2. The van der Waals surface area contributed by atoms with Crippen molar-refractivity contribution in [2.24, 2.45) is 0 Å². The molecule has 1 fully saturated rings. The largest absolute Gasteiger partial charge is 0.440 e. The van der Waals surface area contributed by atoms with Crippen LogP contribution in [0.2, 0.25) is 0 Å². The molecule has 1 aromatic carbocycles. The van der Waals surface area contributed by atoms with Crippen LogP contribution in [0.5, 0.6) is 0 Å². The average molecular weight is 355 g/mol. The first-order valence-corrected chi connectivity index (χ1v) is 8.96. The van der Waals surface area contributed by atoms with Crippen molar-refractivity contribution in [3.63, 3.8) is 0 Å². The van der Waals surface area contributed by atoms with Crippen molar-refractivity contribution >= 4 is 23.3 Å². The van der Waals surface area contributed by atoms with E-state index in [1.807, 2.05) is 39.6 Å². The van der Waals surface area contributed by atoms with Gasteiger partial charge in [0.25, 0.3) is 0 Å². The van der Waals surface area contributed by atoms with Crippen LogP contribution in [0.15, 0.2) is 47.7 Å². The molecule has 0 bridgehead atoms. The molecule has 4 rings (SSSR count). The van der Waals surface area contributed by atoms with Gasteiger partial charge in [-0.25, -0.2) is 9.67 Å². The van der Waals surface area contributed by atoms with Gasteiger partial charge in [-0.1, -0.05) is 18.2 Å². The predicted octanol–water partition coefficient (Wildman–Crippen LogP) is 3.58. The van der Waals surface area contributed by atoms with Crippen molar-refractivity contribution in [3.05, 3.63) is 53.9 Å². The van der Waals surface area contributed by atoms with Crippen LogP contribution in [0, 0.1) is 4.77 Å². The van der Waals surface area contributed by atoms with E-state index in [9.17, 15) is 0 Å². The minimum atomic E-state index is 0.384. The van der Waals surface area contributed by atoms with Gasteiger partial charge in [0.2, 0.25) is 0 Å². The third-order valence-corrected chi connectivity index (χ3v) is 5.15. The van der Waals surface area contributed by atoms with Crippen molar-refractivity contribution < 1.29 is 4.42 Å². The van der Waals surface area contributed by atoms with Crippen LogP contribution in [0.4, 0.5) is 0 Å². The Bertz CT molecular complexity index is 899. The summed E-state index contributed by atoms with van der Waals surface area (Å²) in [4.78, 5) is 7.03. The van der Waals surface area contributed by atoms with E-state index in [1.54, 1.807) is 6.33 Å². The molecule has 0 aliphatic carbocycles. The Morgan fingerprint density at radius 2 is 2.08 bits per heavy atom. The number of benzene rings is 1. The van der Waals surface area contributed by atoms with Crippen LogP contribution in [-0.2, 0) is 13.2 Å². The summed E-state index contributed by atoms with van der Waals surface area (Å²) in [6, 6.07) is 7.95. The Morgan fingerprint density at radius 1 is 1.28 bits per heavy atom. The Balaban J connectivity index is 1.39. The van der Waals surface area contributed by atoms with Gasteiger partial charge in [0.05, 0.1) is 6.67 Å². The van der Waals surface area contributed by atoms with Gasteiger partial charge in [-0.2, -0.15) is 5.10 Å². The zero-order valence-corrected chi connectivity index (χ0v) is 14.9. The minimum absolute atomic E-state index is 0.384. The van der Waals surface area contributed by atoms with E-state index in [0.717, 1.165) is 54.4 Å². The molecule has 0 radical (unpaired) electrons. The van der Waals surface area contributed by atoms with Crippen molar-refractivity contribution in [1.29, 1.82) is 0 Å². The molecule has 0 spiro atoms. The molecular formula is C18H21N5OS. The quantitative estimate of drug-likeness (QED) is 0.517. The third kappa shape index (κ3) is 3.29. The first kappa shape index (κ1) is 16.2. The molecule has 3 aromatic rings. The molecule has 0 saturated carbocycles. The molecular weight excluding hydrogens is 334 g/mol. The zero-order chi connectivity index (χ0) is 17.2. The lowest BCUT2D eigenvalue weighted by atomic mass is 9.97. The molecule has 1 aliphatic rings. The molecule has 6 nitrogen and oxygen atoms in total. The number of para-hydroxylation sites is 2. The number of oxazole rings is 1. The molecule has 0 unspecified atom stereocenters. The van der Waals surface area contributed by atoms with Gasteiger partial charge in [0, 0.05) is 25.6 Å². The fourth-order valence-corrected chi connectivity index (χ4v) is 3.54. The first-order chi connectivity index (χ1) is 12.2. The lowest BCUT2D eigenvalue weighted by Gasteiger charge is -2.30. The van der Waals surface area contributed by atoms with E-state index < -0.39 is 0 Å². The number of rotatable bonds is 5. The van der Waals surface area contributed by atoms with E-state index in [4.69, 9.17) is 16.6 Å². The lowest BCUT2D eigenvalue weighted by molar-refractivity contribution is 0.153. The number of aromatic nitrogens is 4. The summed E-state index contributed by atoms with van der Waals surface area (Å²) in [6.45, 7) is 7.14. The topological polar surface area (TPSA) is 52.0 Å². The molecule has 130 valence electrons. The number of hydrogen-bond donors (Lipinski definition) is 0. The van der Waals surface area contributed by atoms with E-state index in [-0.39, 0.29) is 0 Å². The summed E-state index contributed by atoms with van der Waals surface area (Å²) in [5.41, 5.74) is 1.82. The fourth-order valence-electron chi connectivity index (χ4n) is 3.31. The van der Waals surface area contributed by atoms with Crippen molar-refractivity contribution in [2.45, 2.75) is 32.0 Å². The van der Waals surface area contributed by atoms with Gasteiger partial charge in [0.1, 0.15) is 11.8 Å². The Morgan fingerprint density at radius 3 is 2.84 bits per heavy atom. The number of hydrogen-bond acceptors (Lipinski definition) is 5. The van der Waals surface area contributed by atoms with Gasteiger partial charge < -0.3 is 8.98 Å². The highest BCUT2D eigenvalue weighted by atomic mass is 32.1. The number of fused-ring (bicyclic) bond motifs is 1. The van der Waals surface area contributed by atoms with E-state index >= 15 is 0 Å². The fraction of sp³-hybridized carbons (Fsp3) is 0.389. The van der Waals surface area contributed by atoms with Gasteiger partial charge in [0.15, 0.2) is 16.2 Å². The second-order valence-corrected chi connectivity index (χ2v) is 6.77. The highest BCUT2D eigenvalue weighted by Gasteiger charge is 2.25. The van der Waals surface area contributed by atoms with Crippen LogP contribution in [0.25, 0.3) is 11.1 Å². The summed E-state index contributed by atoms with van der Waals surface area (Å²) in [7, 11) is 0. The SMILES string of the molecule is C=CCn1cnn(CN2CCC(c3nc4ccccc4o3)CC2)c1=S. The average Bonchev–Trinajstić information content (AvgIpc) is 3.21. The predicted molar refractivity (Wildman–Crippen MR) is 98.8 cm³/mol. The van der Waals surface area contributed by atoms with Crippen molar-refractivity contribution in [1.82, 2.24) is 24.2 Å². The highest BCUT2D eigenvalue weighted by Crippen LogP contribution is 2.29. The molecule has 3 heterocycles. The molecule has 2 aromatic heterocycles. The summed E-state index contributed by atoms with van der Waals surface area (Å²) < 4.78 is 10.5. The Labute approximate surface area is 151 Å². The number of allylic oxidation sites excluding steroid dienone is 1. The Kier molecular flexibility index (Phi) is 4.50. The van der Waals surface area contributed by atoms with E-state index in [1.165, 1.54) is 0 Å². The summed E-state index contributed by atoms with van der Waals surface area (Å²) in [5, 5.41) is 4.39. The van der Waals surface area contributed by atoms with Gasteiger partial charge in [-0.15, -0.1) is 6.58 Å². The van der Waals surface area contributed by atoms with Gasteiger partial charge in [-0.05, 0) is 37.2 Å². The maximum absolute atomic E-state index is 5.93. The maximum atomic E-state index is 5.93. The normalized spacial score (nSPS) is 16.5. The number of piperidine rings is 1. The zero-order valence-electron chi connectivity index (χ0n) is 14.0. The van der Waals surface area contributed by atoms with E-state index in [0.29, 0.717) is 12.5 Å². The van der Waals surface area contributed by atoms with Crippen LogP contribution in [0.1, 0.15) is 24.7 Å². The van der Waals surface area contributed by atoms with Crippen molar-refractivity contribution in [2.75, 3.05) is 13.1 Å². The molecule has 1 aliphatic heterocycles. The van der Waals surface area contributed by atoms with Crippen molar-refractivity contribution in [3.8, 4) is 0 Å². The second kappa shape index (κ2) is 6.93. The second-order valence-electron chi connectivity index (χ2n) is 6.41. The van der Waals surface area contributed by atoms with E-state index in [2.05, 4.69) is 21.6 Å². The smallest absolute Gasteiger partial charge is 0.199 e. The molecule has 1 saturated heterocycles.